The lowest BCUT2D eigenvalue weighted by molar-refractivity contribution is 0.0474. The van der Waals surface area contributed by atoms with Gasteiger partial charge in [-0.25, -0.2) is 9.78 Å². The van der Waals surface area contributed by atoms with Crippen LogP contribution in [0.4, 0.5) is 0 Å². The van der Waals surface area contributed by atoms with E-state index in [1.165, 1.54) is 17.4 Å². The summed E-state index contributed by atoms with van der Waals surface area (Å²) in [6.45, 7) is 3.36. The van der Waals surface area contributed by atoms with Crippen molar-refractivity contribution in [2.75, 3.05) is 6.61 Å². The molecule has 0 aliphatic rings. The molecule has 2 heterocycles. The van der Waals surface area contributed by atoms with E-state index in [-0.39, 0.29) is 18.0 Å². The van der Waals surface area contributed by atoms with Gasteiger partial charge in [0.15, 0.2) is 11.7 Å². The number of aryl methyl sites for hydroxylation is 1. The molecule has 0 aliphatic heterocycles. The SMILES string of the molecule is Cc1cc(C(=O)COC(=O)c2cccc(C#N)c2)c(C)n1-c1nccs1. The van der Waals surface area contributed by atoms with Crippen LogP contribution < -0.4 is 0 Å². The van der Waals surface area contributed by atoms with Gasteiger partial charge in [-0.2, -0.15) is 5.26 Å². The summed E-state index contributed by atoms with van der Waals surface area (Å²) in [6.07, 6.45) is 1.71. The number of nitriles is 1. The molecule has 0 fully saturated rings. The smallest absolute Gasteiger partial charge is 0.338 e. The molecule has 0 saturated heterocycles. The first-order chi connectivity index (χ1) is 12.5. The quantitative estimate of drug-likeness (QED) is 0.510. The van der Waals surface area contributed by atoms with Gasteiger partial charge in [0.05, 0.1) is 17.2 Å². The van der Waals surface area contributed by atoms with Gasteiger partial charge >= 0.3 is 5.97 Å². The van der Waals surface area contributed by atoms with Crippen molar-refractivity contribution in [3.63, 3.8) is 0 Å². The van der Waals surface area contributed by atoms with Crippen molar-refractivity contribution >= 4 is 23.1 Å². The molecule has 2 aromatic heterocycles. The Kier molecular flexibility index (Phi) is 4.96. The van der Waals surface area contributed by atoms with Crippen LogP contribution in [0.5, 0.6) is 0 Å². The Balaban J connectivity index is 1.74. The van der Waals surface area contributed by atoms with Gasteiger partial charge in [0, 0.05) is 28.5 Å². The lowest BCUT2D eigenvalue weighted by Crippen LogP contribution is -2.15. The van der Waals surface area contributed by atoms with E-state index < -0.39 is 5.97 Å². The fraction of sp³-hybridized carbons (Fsp3) is 0.158. The second-order valence-electron chi connectivity index (χ2n) is 5.63. The third kappa shape index (κ3) is 3.41. The van der Waals surface area contributed by atoms with E-state index in [4.69, 9.17) is 10.00 Å². The molecule has 130 valence electrons. The maximum Gasteiger partial charge on any atom is 0.338 e. The van der Waals surface area contributed by atoms with Crippen LogP contribution in [0, 0.1) is 25.2 Å². The third-order valence-corrected chi connectivity index (χ3v) is 4.66. The van der Waals surface area contributed by atoms with Crippen molar-refractivity contribution in [2.45, 2.75) is 13.8 Å². The zero-order valence-electron chi connectivity index (χ0n) is 14.2. The molecule has 0 unspecified atom stereocenters. The number of esters is 1. The van der Waals surface area contributed by atoms with E-state index in [1.807, 2.05) is 29.9 Å². The highest BCUT2D eigenvalue weighted by atomic mass is 32.1. The number of Topliss-reactive ketones (excluding diaryl/α,β-unsaturated/α-hetero) is 1. The van der Waals surface area contributed by atoms with Crippen LogP contribution in [0.2, 0.25) is 0 Å². The van der Waals surface area contributed by atoms with E-state index >= 15 is 0 Å². The van der Waals surface area contributed by atoms with E-state index in [1.54, 1.807) is 30.5 Å². The van der Waals surface area contributed by atoms with Gasteiger partial charge in [0.1, 0.15) is 0 Å². The fourth-order valence-corrected chi connectivity index (χ4v) is 3.43. The molecule has 1 aromatic carbocycles. The number of nitrogens with zero attached hydrogens (tertiary/aromatic N) is 3. The normalized spacial score (nSPS) is 10.3. The lowest BCUT2D eigenvalue weighted by atomic mass is 10.1. The first kappa shape index (κ1) is 17.6. The number of ketones is 1. The predicted molar refractivity (Wildman–Crippen MR) is 96.7 cm³/mol. The highest BCUT2D eigenvalue weighted by molar-refractivity contribution is 7.12. The number of benzene rings is 1. The minimum atomic E-state index is -0.635. The van der Waals surface area contributed by atoms with Crippen LogP contribution in [-0.2, 0) is 4.74 Å². The van der Waals surface area contributed by atoms with Crippen molar-refractivity contribution in [3.05, 3.63) is 70.0 Å². The van der Waals surface area contributed by atoms with E-state index in [9.17, 15) is 9.59 Å². The van der Waals surface area contributed by atoms with Crippen LogP contribution in [0.15, 0.2) is 41.9 Å². The van der Waals surface area contributed by atoms with Gasteiger partial charge in [-0.15, -0.1) is 11.3 Å². The monoisotopic (exact) mass is 365 g/mol. The Morgan fingerprint density at radius 1 is 1.31 bits per heavy atom. The molecule has 0 N–H and O–H groups in total. The van der Waals surface area contributed by atoms with Crippen molar-refractivity contribution < 1.29 is 14.3 Å². The van der Waals surface area contributed by atoms with Crippen molar-refractivity contribution in [2.24, 2.45) is 0 Å². The van der Waals surface area contributed by atoms with Crippen LogP contribution in [-0.4, -0.2) is 27.9 Å². The maximum absolute atomic E-state index is 12.5. The molecule has 0 atom stereocenters. The molecule has 0 saturated carbocycles. The number of hydrogen-bond donors (Lipinski definition) is 0. The topological polar surface area (TPSA) is 85.0 Å². The number of rotatable bonds is 5. The summed E-state index contributed by atoms with van der Waals surface area (Å²) in [6, 6.07) is 9.89. The molecule has 0 amide bonds. The van der Waals surface area contributed by atoms with Crippen molar-refractivity contribution in [3.8, 4) is 11.2 Å². The molecule has 6 nitrogen and oxygen atoms in total. The summed E-state index contributed by atoms with van der Waals surface area (Å²) < 4.78 is 7.02. The zero-order chi connectivity index (χ0) is 18.7. The lowest BCUT2D eigenvalue weighted by Gasteiger charge is -2.06. The van der Waals surface area contributed by atoms with Gasteiger partial charge in [0.2, 0.25) is 5.78 Å². The molecular weight excluding hydrogens is 350 g/mol. The summed E-state index contributed by atoms with van der Waals surface area (Å²) in [4.78, 5) is 28.9. The van der Waals surface area contributed by atoms with Gasteiger partial charge in [0.25, 0.3) is 0 Å². The van der Waals surface area contributed by atoms with Crippen LogP contribution in [0.3, 0.4) is 0 Å². The fourth-order valence-electron chi connectivity index (χ4n) is 2.67. The van der Waals surface area contributed by atoms with Crippen LogP contribution >= 0.6 is 11.3 Å². The molecular formula is C19H15N3O3S. The number of ether oxygens (including phenoxy) is 1. The molecule has 3 aromatic rings. The molecule has 0 bridgehead atoms. The van der Waals surface area contributed by atoms with Gasteiger partial charge in [-0.3, -0.25) is 9.36 Å². The molecule has 3 rings (SSSR count). The molecule has 7 heteroatoms. The van der Waals surface area contributed by atoms with E-state index in [0.29, 0.717) is 11.1 Å². The third-order valence-electron chi connectivity index (χ3n) is 3.90. The number of aromatic nitrogens is 2. The predicted octanol–water partition coefficient (Wildman–Crippen LogP) is 3.46. The van der Waals surface area contributed by atoms with E-state index in [0.717, 1.165) is 16.5 Å². The summed E-state index contributed by atoms with van der Waals surface area (Å²) >= 11 is 1.48. The number of carbonyl (C=O) groups is 2. The first-order valence-electron chi connectivity index (χ1n) is 7.80. The summed E-state index contributed by atoms with van der Waals surface area (Å²) in [5.41, 5.74) is 2.73. The molecule has 26 heavy (non-hydrogen) atoms. The van der Waals surface area contributed by atoms with Crippen LogP contribution in [0.1, 0.15) is 37.7 Å². The number of thiazole rings is 1. The Labute approximate surface area is 154 Å². The Hall–Kier alpha value is -3.24. The van der Waals surface area contributed by atoms with Crippen LogP contribution in [0.25, 0.3) is 5.13 Å². The molecule has 0 spiro atoms. The van der Waals surface area contributed by atoms with Gasteiger partial charge < -0.3 is 4.74 Å². The summed E-state index contributed by atoms with van der Waals surface area (Å²) in [5.74, 6) is -0.921. The minimum Gasteiger partial charge on any atom is -0.454 e. The number of hydrogen-bond acceptors (Lipinski definition) is 6. The maximum atomic E-state index is 12.5. The summed E-state index contributed by atoms with van der Waals surface area (Å²) in [5, 5.41) is 11.5. The largest absolute Gasteiger partial charge is 0.454 e. The first-order valence-corrected chi connectivity index (χ1v) is 8.68. The standard InChI is InChI=1S/C19H15N3O3S/c1-12-8-16(13(2)22(12)19-21-6-7-26-19)17(23)11-25-18(24)15-5-3-4-14(9-15)10-20/h3-9H,11H2,1-2H3. The average molecular weight is 365 g/mol. The van der Waals surface area contributed by atoms with Crippen molar-refractivity contribution in [1.29, 1.82) is 5.26 Å². The highest BCUT2D eigenvalue weighted by Crippen LogP contribution is 2.22. The molecule has 0 radical (unpaired) electrons. The Morgan fingerprint density at radius 2 is 2.12 bits per heavy atom. The Morgan fingerprint density at radius 3 is 2.81 bits per heavy atom. The molecule has 0 aliphatic carbocycles. The van der Waals surface area contributed by atoms with E-state index in [2.05, 4.69) is 4.98 Å². The summed E-state index contributed by atoms with van der Waals surface area (Å²) in [7, 11) is 0. The second kappa shape index (κ2) is 7.33. The number of carbonyl (C=O) groups excluding carboxylic acids is 2. The second-order valence-corrected chi connectivity index (χ2v) is 6.50. The minimum absolute atomic E-state index is 0.241. The zero-order valence-corrected chi connectivity index (χ0v) is 15.0. The van der Waals surface area contributed by atoms with Gasteiger partial charge in [-0.05, 0) is 38.1 Å². The van der Waals surface area contributed by atoms with Crippen molar-refractivity contribution in [1.82, 2.24) is 9.55 Å². The Bertz CT molecular complexity index is 1010. The van der Waals surface area contributed by atoms with Gasteiger partial charge in [-0.1, -0.05) is 6.07 Å². The highest BCUT2D eigenvalue weighted by Gasteiger charge is 2.19. The average Bonchev–Trinajstić information content (AvgIpc) is 3.27.